The van der Waals surface area contributed by atoms with Crippen LogP contribution < -0.4 is 4.74 Å². The number of amides is 1. The second-order valence-electron chi connectivity index (χ2n) is 5.05. The molecule has 1 aliphatic rings. The number of carbonyl (C=O) groups excluding carboxylic acids is 1. The Bertz CT molecular complexity index is 494. The topological polar surface area (TPSA) is 66.8 Å². The molecular weight excluding hydrogens is 258 g/mol. The first kappa shape index (κ1) is 14.4. The summed E-state index contributed by atoms with van der Waals surface area (Å²) in [6.45, 7) is 3.10. The van der Waals surface area contributed by atoms with Crippen LogP contribution in [0.1, 0.15) is 18.9 Å². The van der Waals surface area contributed by atoms with Crippen LogP contribution in [0, 0.1) is 5.92 Å². The first-order valence-electron chi connectivity index (χ1n) is 6.79. The predicted octanol–water partition coefficient (Wildman–Crippen LogP) is 1.56. The minimum Gasteiger partial charge on any atom is -0.484 e. The molecule has 0 radical (unpaired) electrons. The lowest BCUT2D eigenvalue weighted by Gasteiger charge is -2.38. The summed E-state index contributed by atoms with van der Waals surface area (Å²) in [4.78, 5) is 24.0. The maximum absolute atomic E-state index is 11.8. The Hall–Kier alpha value is -2.04. The van der Waals surface area contributed by atoms with E-state index in [1.165, 1.54) is 5.56 Å². The number of aryl methyl sites for hydroxylation is 1. The average molecular weight is 277 g/mol. The molecule has 1 fully saturated rings. The average Bonchev–Trinajstić information content (AvgIpc) is 2.39. The van der Waals surface area contributed by atoms with Crippen molar-refractivity contribution in [1.82, 2.24) is 4.90 Å². The van der Waals surface area contributed by atoms with Crippen molar-refractivity contribution in [1.29, 1.82) is 0 Å². The fourth-order valence-electron chi connectivity index (χ4n) is 2.24. The van der Waals surface area contributed by atoms with Gasteiger partial charge in [0.05, 0.1) is 6.42 Å². The van der Waals surface area contributed by atoms with Crippen LogP contribution in [0.4, 0.5) is 0 Å². The van der Waals surface area contributed by atoms with Gasteiger partial charge in [0.25, 0.3) is 5.91 Å². The number of carbonyl (C=O) groups is 2. The Morgan fingerprint density at radius 2 is 2.15 bits per heavy atom. The number of rotatable bonds is 6. The van der Waals surface area contributed by atoms with Crippen LogP contribution in [0.2, 0.25) is 0 Å². The van der Waals surface area contributed by atoms with Crippen molar-refractivity contribution >= 4 is 11.9 Å². The van der Waals surface area contributed by atoms with E-state index in [0.717, 1.165) is 6.42 Å². The Morgan fingerprint density at radius 3 is 2.80 bits per heavy atom. The molecule has 20 heavy (non-hydrogen) atoms. The van der Waals surface area contributed by atoms with E-state index < -0.39 is 5.97 Å². The molecule has 5 heteroatoms. The predicted molar refractivity (Wildman–Crippen MR) is 73.6 cm³/mol. The fraction of sp³-hybridized carbons (Fsp3) is 0.467. The normalized spacial score (nSPS) is 14.8. The van der Waals surface area contributed by atoms with E-state index >= 15 is 0 Å². The molecule has 0 aliphatic carbocycles. The maximum Gasteiger partial charge on any atom is 0.303 e. The summed E-state index contributed by atoms with van der Waals surface area (Å²) in [6, 6.07) is 7.68. The van der Waals surface area contributed by atoms with Crippen molar-refractivity contribution in [2.45, 2.75) is 19.8 Å². The van der Waals surface area contributed by atoms with Gasteiger partial charge in [0.1, 0.15) is 5.75 Å². The molecule has 0 unspecified atom stereocenters. The highest BCUT2D eigenvalue weighted by atomic mass is 16.5. The Balaban J connectivity index is 1.74. The zero-order valence-corrected chi connectivity index (χ0v) is 11.5. The van der Waals surface area contributed by atoms with Crippen LogP contribution in [0.5, 0.6) is 5.75 Å². The molecule has 1 heterocycles. The van der Waals surface area contributed by atoms with Gasteiger partial charge in [0.2, 0.25) is 0 Å². The smallest absolute Gasteiger partial charge is 0.303 e. The lowest BCUT2D eigenvalue weighted by atomic mass is 9.96. The lowest BCUT2D eigenvalue weighted by molar-refractivity contribution is -0.146. The summed E-state index contributed by atoms with van der Waals surface area (Å²) in [7, 11) is 0. The van der Waals surface area contributed by atoms with E-state index in [2.05, 4.69) is 6.92 Å². The minimum absolute atomic E-state index is 0.00690. The van der Waals surface area contributed by atoms with Crippen LogP contribution in [-0.4, -0.2) is 41.6 Å². The number of likely N-dealkylation sites (tertiary alicyclic amines) is 1. The maximum atomic E-state index is 11.8. The number of hydrogen-bond donors (Lipinski definition) is 1. The Labute approximate surface area is 118 Å². The van der Waals surface area contributed by atoms with Gasteiger partial charge in [-0.1, -0.05) is 19.1 Å². The number of hydrogen-bond acceptors (Lipinski definition) is 3. The summed E-state index contributed by atoms with van der Waals surface area (Å²) in [6.07, 6.45) is 1.05. The zero-order chi connectivity index (χ0) is 14.5. The number of carboxylic acids is 1. The van der Waals surface area contributed by atoms with E-state index in [9.17, 15) is 9.59 Å². The van der Waals surface area contributed by atoms with Gasteiger partial charge >= 0.3 is 5.97 Å². The number of carboxylic acid groups (broad SMARTS) is 1. The highest BCUT2D eigenvalue weighted by Gasteiger charge is 2.31. The van der Waals surface area contributed by atoms with E-state index in [4.69, 9.17) is 9.84 Å². The van der Waals surface area contributed by atoms with Gasteiger partial charge in [-0.05, 0) is 24.1 Å². The van der Waals surface area contributed by atoms with Crippen molar-refractivity contribution in [3.05, 3.63) is 29.8 Å². The molecule has 0 aromatic heterocycles. The molecule has 1 N–H and O–H groups in total. The molecule has 1 aromatic carbocycles. The number of benzene rings is 1. The van der Waals surface area contributed by atoms with Crippen LogP contribution >= 0.6 is 0 Å². The summed E-state index contributed by atoms with van der Waals surface area (Å²) >= 11 is 0. The monoisotopic (exact) mass is 277 g/mol. The van der Waals surface area contributed by atoms with Gasteiger partial charge in [0.15, 0.2) is 6.61 Å². The first-order valence-corrected chi connectivity index (χ1v) is 6.79. The summed E-state index contributed by atoms with van der Waals surface area (Å²) in [5, 5.41) is 8.65. The van der Waals surface area contributed by atoms with Crippen molar-refractivity contribution in [3.8, 4) is 5.75 Å². The Morgan fingerprint density at radius 1 is 1.40 bits per heavy atom. The van der Waals surface area contributed by atoms with Gasteiger partial charge in [-0.25, -0.2) is 0 Å². The second-order valence-corrected chi connectivity index (χ2v) is 5.05. The number of aliphatic carboxylic acids is 1. The molecule has 1 saturated heterocycles. The van der Waals surface area contributed by atoms with Crippen molar-refractivity contribution < 1.29 is 19.4 Å². The van der Waals surface area contributed by atoms with Crippen LogP contribution in [0.3, 0.4) is 0 Å². The van der Waals surface area contributed by atoms with Crippen LogP contribution in [0.15, 0.2) is 24.3 Å². The highest BCUT2D eigenvalue weighted by molar-refractivity contribution is 5.79. The lowest BCUT2D eigenvalue weighted by Crippen LogP contribution is -2.52. The molecule has 0 spiro atoms. The summed E-state index contributed by atoms with van der Waals surface area (Å²) < 4.78 is 5.48. The highest BCUT2D eigenvalue weighted by Crippen LogP contribution is 2.19. The van der Waals surface area contributed by atoms with Crippen LogP contribution in [0.25, 0.3) is 0 Å². The van der Waals surface area contributed by atoms with E-state index in [0.29, 0.717) is 18.8 Å². The third kappa shape index (κ3) is 3.73. The molecule has 5 nitrogen and oxygen atoms in total. The molecule has 1 amide bonds. The summed E-state index contributed by atoms with van der Waals surface area (Å²) in [5.74, 6) is -0.122. The third-order valence-electron chi connectivity index (χ3n) is 3.44. The molecule has 0 saturated carbocycles. The largest absolute Gasteiger partial charge is 0.484 e. The van der Waals surface area contributed by atoms with Gasteiger partial charge in [-0.3, -0.25) is 9.59 Å². The van der Waals surface area contributed by atoms with E-state index in [1.54, 1.807) is 4.90 Å². The molecule has 0 atom stereocenters. The van der Waals surface area contributed by atoms with Gasteiger partial charge in [0, 0.05) is 19.0 Å². The van der Waals surface area contributed by atoms with Gasteiger partial charge in [-0.15, -0.1) is 0 Å². The standard InChI is InChI=1S/C15H19NO4/c1-2-11-4-3-5-13(6-11)20-10-14(17)16-8-12(9-16)7-15(18)19/h3-6,12H,2,7-10H2,1H3,(H,18,19). The quantitative estimate of drug-likeness (QED) is 0.857. The Kier molecular flexibility index (Phi) is 4.61. The van der Waals surface area contributed by atoms with Gasteiger partial charge in [-0.2, -0.15) is 0 Å². The first-order chi connectivity index (χ1) is 9.58. The summed E-state index contributed by atoms with van der Waals surface area (Å²) in [5.41, 5.74) is 1.17. The second kappa shape index (κ2) is 6.41. The minimum atomic E-state index is -0.810. The zero-order valence-electron chi connectivity index (χ0n) is 11.5. The van der Waals surface area contributed by atoms with E-state index in [1.807, 2.05) is 24.3 Å². The molecule has 108 valence electrons. The number of nitrogens with zero attached hydrogens (tertiary/aromatic N) is 1. The number of ether oxygens (including phenoxy) is 1. The molecule has 1 aromatic rings. The molecule has 0 bridgehead atoms. The SMILES string of the molecule is CCc1cccc(OCC(=O)N2CC(CC(=O)O)C2)c1. The van der Waals surface area contributed by atoms with Crippen molar-refractivity contribution in [2.75, 3.05) is 19.7 Å². The van der Waals surface area contributed by atoms with E-state index in [-0.39, 0.29) is 24.9 Å². The molecule has 1 aliphatic heterocycles. The van der Waals surface area contributed by atoms with Crippen LogP contribution in [-0.2, 0) is 16.0 Å². The fourth-order valence-corrected chi connectivity index (χ4v) is 2.24. The third-order valence-corrected chi connectivity index (χ3v) is 3.44. The van der Waals surface area contributed by atoms with Crippen molar-refractivity contribution in [2.24, 2.45) is 5.92 Å². The van der Waals surface area contributed by atoms with Gasteiger partial charge < -0.3 is 14.7 Å². The molecule has 2 rings (SSSR count). The molecular formula is C15H19NO4. The van der Waals surface area contributed by atoms with Crippen molar-refractivity contribution in [3.63, 3.8) is 0 Å².